The maximum absolute atomic E-state index is 12.2. The van der Waals surface area contributed by atoms with Gasteiger partial charge in [-0.05, 0) is 25.1 Å². The van der Waals surface area contributed by atoms with Gasteiger partial charge >= 0.3 is 0 Å². The van der Waals surface area contributed by atoms with Crippen molar-refractivity contribution in [2.75, 3.05) is 33.3 Å². The van der Waals surface area contributed by atoms with Crippen LogP contribution < -0.4 is 0 Å². The summed E-state index contributed by atoms with van der Waals surface area (Å²) in [6.07, 6.45) is 2.12. The summed E-state index contributed by atoms with van der Waals surface area (Å²) in [5.41, 5.74) is 0. The molecule has 0 bridgehead atoms. The topological polar surface area (TPSA) is 43.8 Å². The summed E-state index contributed by atoms with van der Waals surface area (Å²) < 4.78 is 0.741. The monoisotopic (exact) mass is 318 g/mol. The molecule has 114 valence electrons. The summed E-state index contributed by atoms with van der Waals surface area (Å²) in [5.74, 6) is 0.0686. The van der Waals surface area contributed by atoms with E-state index >= 15 is 0 Å². The molecule has 0 spiro atoms. The number of amides is 1. The summed E-state index contributed by atoms with van der Waals surface area (Å²) in [6.45, 7) is 4.53. The van der Waals surface area contributed by atoms with Crippen LogP contribution in [0, 0.1) is 0 Å². The molecule has 0 fully saturated rings. The average Bonchev–Trinajstić information content (AvgIpc) is 2.81. The highest BCUT2D eigenvalue weighted by Crippen LogP contribution is 2.22. The predicted molar refractivity (Wildman–Crippen MR) is 84.2 cm³/mol. The number of hydrogen-bond donors (Lipinski definition) is 1. The number of halogens is 1. The molecule has 0 radical (unpaired) electrons. The molecule has 0 aliphatic rings. The Bertz CT molecular complexity index is 412. The van der Waals surface area contributed by atoms with Gasteiger partial charge in [0.15, 0.2) is 0 Å². The van der Waals surface area contributed by atoms with E-state index in [1.165, 1.54) is 11.3 Å². The molecule has 0 aliphatic heterocycles. The van der Waals surface area contributed by atoms with Gasteiger partial charge in [-0.25, -0.2) is 0 Å². The Kier molecular flexibility index (Phi) is 8.14. The molecule has 4 nitrogen and oxygen atoms in total. The van der Waals surface area contributed by atoms with Crippen molar-refractivity contribution in [1.29, 1.82) is 0 Å². The highest BCUT2D eigenvalue weighted by atomic mass is 35.5. The first-order valence-corrected chi connectivity index (χ1v) is 8.07. The minimum Gasteiger partial charge on any atom is -0.395 e. The predicted octanol–water partition coefficient (Wildman–Crippen LogP) is 2.45. The Labute approximate surface area is 129 Å². The van der Waals surface area contributed by atoms with Crippen molar-refractivity contribution in [3.8, 4) is 0 Å². The molecule has 1 aromatic heterocycles. The summed E-state index contributed by atoms with van der Waals surface area (Å²) >= 11 is 7.38. The minimum atomic E-state index is 0.0686. The molecular weight excluding hydrogens is 296 g/mol. The standard InChI is InChI=1S/C14H23ClN2O2S/c1-3-4-7-17(8-9-18)11-14(19)16(2)10-12-5-6-13(15)20-12/h5-6,18H,3-4,7-11H2,1-2H3. The summed E-state index contributed by atoms with van der Waals surface area (Å²) in [5, 5.41) is 9.05. The molecule has 1 rings (SSSR count). The molecule has 1 heterocycles. The maximum atomic E-state index is 12.2. The van der Waals surface area contributed by atoms with Crippen LogP contribution in [0.3, 0.4) is 0 Å². The second kappa shape index (κ2) is 9.34. The lowest BCUT2D eigenvalue weighted by Crippen LogP contribution is -2.39. The highest BCUT2D eigenvalue weighted by Gasteiger charge is 2.14. The largest absolute Gasteiger partial charge is 0.395 e. The van der Waals surface area contributed by atoms with Crippen LogP contribution in [0.4, 0.5) is 0 Å². The lowest BCUT2D eigenvalue weighted by Gasteiger charge is -2.24. The maximum Gasteiger partial charge on any atom is 0.236 e. The van der Waals surface area contributed by atoms with Gasteiger partial charge in [0.25, 0.3) is 0 Å². The van der Waals surface area contributed by atoms with E-state index in [4.69, 9.17) is 16.7 Å². The van der Waals surface area contributed by atoms with E-state index in [1.54, 1.807) is 11.9 Å². The lowest BCUT2D eigenvalue weighted by molar-refractivity contribution is -0.131. The first-order chi connectivity index (χ1) is 9.56. The summed E-state index contributed by atoms with van der Waals surface area (Å²) in [7, 11) is 1.80. The van der Waals surface area contributed by atoms with Crippen molar-refractivity contribution in [2.45, 2.75) is 26.3 Å². The van der Waals surface area contributed by atoms with Crippen LogP contribution in [0.5, 0.6) is 0 Å². The molecule has 20 heavy (non-hydrogen) atoms. The van der Waals surface area contributed by atoms with Crippen LogP contribution in [0.25, 0.3) is 0 Å². The van der Waals surface area contributed by atoms with Crippen molar-refractivity contribution < 1.29 is 9.90 Å². The van der Waals surface area contributed by atoms with Crippen molar-refractivity contribution in [1.82, 2.24) is 9.80 Å². The first kappa shape index (κ1) is 17.4. The van der Waals surface area contributed by atoms with Crippen molar-refractivity contribution in [3.63, 3.8) is 0 Å². The molecule has 0 atom stereocenters. The molecule has 0 unspecified atom stereocenters. The number of carbonyl (C=O) groups excluding carboxylic acids is 1. The third kappa shape index (κ3) is 6.22. The van der Waals surface area contributed by atoms with E-state index in [9.17, 15) is 4.79 Å². The molecule has 1 amide bonds. The second-order valence-corrected chi connectivity index (χ2v) is 6.61. The van der Waals surface area contributed by atoms with Gasteiger partial charge in [-0.1, -0.05) is 24.9 Å². The summed E-state index contributed by atoms with van der Waals surface area (Å²) in [4.78, 5) is 17.0. The van der Waals surface area contributed by atoms with Gasteiger partial charge < -0.3 is 10.0 Å². The zero-order valence-electron chi connectivity index (χ0n) is 12.1. The van der Waals surface area contributed by atoms with Gasteiger partial charge in [-0.2, -0.15) is 0 Å². The Morgan fingerprint density at radius 2 is 2.15 bits per heavy atom. The lowest BCUT2D eigenvalue weighted by atomic mass is 10.3. The molecular formula is C14H23ClN2O2S. The quantitative estimate of drug-likeness (QED) is 0.760. The van der Waals surface area contributed by atoms with Crippen LogP contribution >= 0.6 is 22.9 Å². The van der Waals surface area contributed by atoms with Gasteiger partial charge in [0.1, 0.15) is 0 Å². The first-order valence-electron chi connectivity index (χ1n) is 6.88. The van der Waals surface area contributed by atoms with E-state index in [0.29, 0.717) is 19.6 Å². The zero-order valence-corrected chi connectivity index (χ0v) is 13.7. The SMILES string of the molecule is CCCCN(CCO)CC(=O)N(C)Cc1ccc(Cl)s1. The molecule has 1 N–H and O–H groups in total. The molecule has 1 aromatic rings. The van der Waals surface area contributed by atoms with Crippen molar-refractivity contribution in [2.24, 2.45) is 0 Å². The van der Waals surface area contributed by atoms with Crippen LogP contribution in [-0.4, -0.2) is 54.1 Å². The number of aliphatic hydroxyl groups excluding tert-OH is 1. The fourth-order valence-corrected chi connectivity index (χ4v) is 3.00. The number of aliphatic hydroxyl groups is 1. The van der Waals surface area contributed by atoms with Gasteiger partial charge in [-0.15, -0.1) is 11.3 Å². The summed E-state index contributed by atoms with van der Waals surface area (Å²) in [6, 6.07) is 3.79. The van der Waals surface area contributed by atoms with E-state index in [0.717, 1.165) is 28.6 Å². The second-order valence-electron chi connectivity index (χ2n) is 4.81. The fourth-order valence-electron chi connectivity index (χ4n) is 1.86. The van der Waals surface area contributed by atoms with E-state index in [2.05, 4.69) is 6.92 Å². The van der Waals surface area contributed by atoms with Crippen LogP contribution in [0.2, 0.25) is 4.34 Å². The third-order valence-electron chi connectivity index (χ3n) is 3.05. The number of rotatable bonds is 9. The highest BCUT2D eigenvalue weighted by molar-refractivity contribution is 7.16. The Morgan fingerprint density at radius 3 is 2.70 bits per heavy atom. The smallest absolute Gasteiger partial charge is 0.236 e. The van der Waals surface area contributed by atoms with E-state index in [1.807, 2.05) is 17.0 Å². The molecule has 0 aromatic carbocycles. The number of thiophene rings is 1. The molecule has 0 aliphatic carbocycles. The van der Waals surface area contributed by atoms with Crippen molar-refractivity contribution >= 4 is 28.8 Å². The number of carbonyl (C=O) groups is 1. The van der Waals surface area contributed by atoms with Gasteiger partial charge in [0, 0.05) is 18.5 Å². The third-order valence-corrected chi connectivity index (χ3v) is 4.27. The Morgan fingerprint density at radius 1 is 1.40 bits per heavy atom. The Balaban J connectivity index is 2.45. The molecule has 0 saturated heterocycles. The van der Waals surface area contributed by atoms with E-state index < -0.39 is 0 Å². The van der Waals surface area contributed by atoms with Crippen molar-refractivity contribution in [3.05, 3.63) is 21.3 Å². The normalized spacial score (nSPS) is 11.1. The Hall–Kier alpha value is -0.620. The number of hydrogen-bond acceptors (Lipinski definition) is 4. The number of unbranched alkanes of at least 4 members (excludes halogenated alkanes) is 1. The van der Waals surface area contributed by atoms with Gasteiger partial charge in [0.05, 0.1) is 24.0 Å². The zero-order chi connectivity index (χ0) is 15.0. The average molecular weight is 319 g/mol. The van der Waals surface area contributed by atoms with Gasteiger partial charge in [-0.3, -0.25) is 9.69 Å². The van der Waals surface area contributed by atoms with Gasteiger partial charge in [0.2, 0.25) is 5.91 Å². The van der Waals surface area contributed by atoms with Crippen LogP contribution in [-0.2, 0) is 11.3 Å². The number of likely N-dealkylation sites (N-methyl/N-ethyl adjacent to an activating group) is 1. The van der Waals surface area contributed by atoms with E-state index in [-0.39, 0.29) is 12.5 Å². The molecule has 6 heteroatoms. The van der Waals surface area contributed by atoms with Crippen LogP contribution in [0.1, 0.15) is 24.6 Å². The minimum absolute atomic E-state index is 0.0686. The molecule has 0 saturated carbocycles. The fraction of sp³-hybridized carbons (Fsp3) is 0.643. The number of nitrogens with zero attached hydrogens (tertiary/aromatic N) is 2. The van der Waals surface area contributed by atoms with Crippen LogP contribution in [0.15, 0.2) is 12.1 Å².